The molecule has 0 radical (unpaired) electrons. The van der Waals surface area contributed by atoms with Crippen LogP contribution in [0, 0.1) is 13.8 Å². The molecule has 5 nitrogen and oxygen atoms in total. The number of aryl methyl sites for hydroxylation is 2. The number of rotatable bonds is 5. The van der Waals surface area contributed by atoms with Gasteiger partial charge in [0, 0.05) is 16.7 Å². The molecule has 0 aliphatic heterocycles. The van der Waals surface area contributed by atoms with Crippen molar-refractivity contribution in [3.05, 3.63) is 34.6 Å². The predicted molar refractivity (Wildman–Crippen MR) is 89.0 cm³/mol. The molecular weight excluding hydrogens is 306 g/mol. The van der Waals surface area contributed by atoms with Crippen molar-refractivity contribution >= 4 is 35.3 Å². The second-order valence-electron chi connectivity index (χ2n) is 4.91. The Balaban J connectivity index is 1.94. The third kappa shape index (κ3) is 4.75. The van der Waals surface area contributed by atoms with Gasteiger partial charge in [-0.2, -0.15) is 15.0 Å². The first-order valence-electron chi connectivity index (χ1n) is 6.57. The number of anilines is 2. The molecule has 7 heteroatoms. The number of hydrogen-bond acceptors (Lipinski definition) is 6. The van der Waals surface area contributed by atoms with Crippen LogP contribution in [0.4, 0.5) is 11.9 Å². The fourth-order valence-electron chi connectivity index (χ4n) is 1.87. The Morgan fingerprint density at radius 2 is 2.05 bits per heavy atom. The molecule has 2 rings (SSSR count). The highest BCUT2D eigenvalue weighted by atomic mass is 35.5. The van der Waals surface area contributed by atoms with Gasteiger partial charge in [-0.05, 0) is 44.0 Å². The maximum Gasteiger partial charge on any atom is 0.229 e. The van der Waals surface area contributed by atoms with Crippen molar-refractivity contribution in [3.63, 3.8) is 0 Å². The molecular formula is C14H18ClN5S. The molecule has 0 spiro atoms. The summed E-state index contributed by atoms with van der Waals surface area (Å²) >= 11 is 7.55. The van der Waals surface area contributed by atoms with Crippen LogP contribution in [0.3, 0.4) is 0 Å². The zero-order valence-electron chi connectivity index (χ0n) is 12.2. The Labute approximate surface area is 133 Å². The topological polar surface area (TPSA) is 76.7 Å². The number of aromatic nitrogens is 3. The van der Waals surface area contributed by atoms with Crippen molar-refractivity contribution in [1.82, 2.24) is 15.0 Å². The molecule has 2 aromatic rings. The van der Waals surface area contributed by atoms with Crippen molar-refractivity contribution in [3.8, 4) is 0 Å². The van der Waals surface area contributed by atoms with E-state index in [9.17, 15) is 0 Å². The number of benzene rings is 1. The summed E-state index contributed by atoms with van der Waals surface area (Å²) in [6, 6.07) is 6.64. The lowest BCUT2D eigenvalue weighted by Crippen LogP contribution is -2.20. The first-order valence-corrected chi connectivity index (χ1v) is 7.94. The minimum absolute atomic E-state index is 0.0965. The minimum atomic E-state index is 0.0965. The molecule has 1 atom stereocenters. The Hall–Kier alpha value is -1.53. The molecule has 3 N–H and O–H groups in total. The summed E-state index contributed by atoms with van der Waals surface area (Å²) in [4.78, 5) is 13.0. The first-order chi connectivity index (χ1) is 9.94. The van der Waals surface area contributed by atoms with Gasteiger partial charge in [0.2, 0.25) is 17.2 Å². The standard InChI is InChI=1S/C14H18ClN5S/c1-8-4-5-11(9(2)6-8)21-7-10(3)17-14-19-12(15)18-13(16)20-14/h4-6,10H,7H2,1-3H3,(H3,16,17,18,19,20). The molecule has 1 unspecified atom stereocenters. The molecule has 0 amide bonds. The van der Waals surface area contributed by atoms with Gasteiger partial charge in [0.05, 0.1) is 0 Å². The summed E-state index contributed by atoms with van der Waals surface area (Å²) in [6.45, 7) is 6.28. The second kappa shape index (κ2) is 6.95. The van der Waals surface area contributed by atoms with Crippen LogP contribution in [0.25, 0.3) is 0 Å². The van der Waals surface area contributed by atoms with E-state index < -0.39 is 0 Å². The fraction of sp³-hybridized carbons (Fsp3) is 0.357. The fourth-order valence-corrected chi connectivity index (χ4v) is 3.00. The van der Waals surface area contributed by atoms with Crippen molar-refractivity contribution in [2.75, 3.05) is 16.8 Å². The number of hydrogen-bond donors (Lipinski definition) is 2. The number of thioether (sulfide) groups is 1. The summed E-state index contributed by atoms with van der Waals surface area (Å²) in [5.74, 6) is 1.40. The molecule has 0 aliphatic carbocycles. The molecule has 0 saturated heterocycles. The van der Waals surface area contributed by atoms with E-state index >= 15 is 0 Å². The molecule has 1 aromatic carbocycles. The van der Waals surface area contributed by atoms with Gasteiger partial charge in [-0.1, -0.05) is 17.7 Å². The first kappa shape index (κ1) is 15.9. The van der Waals surface area contributed by atoms with Crippen LogP contribution in [-0.2, 0) is 0 Å². The Morgan fingerprint density at radius 1 is 1.29 bits per heavy atom. The van der Waals surface area contributed by atoms with Crippen LogP contribution in [0.5, 0.6) is 0 Å². The third-order valence-corrected chi connectivity index (χ3v) is 4.42. The normalized spacial score (nSPS) is 12.2. The van der Waals surface area contributed by atoms with Gasteiger partial charge in [0.15, 0.2) is 0 Å². The Bertz CT molecular complexity index is 615. The van der Waals surface area contributed by atoms with E-state index in [0.29, 0.717) is 5.95 Å². The number of nitrogens with two attached hydrogens (primary N) is 1. The summed E-state index contributed by atoms with van der Waals surface area (Å²) in [7, 11) is 0. The van der Waals surface area contributed by atoms with Crippen LogP contribution in [0.2, 0.25) is 5.28 Å². The maximum absolute atomic E-state index is 5.75. The largest absolute Gasteiger partial charge is 0.368 e. The lowest BCUT2D eigenvalue weighted by Gasteiger charge is -2.14. The lowest BCUT2D eigenvalue weighted by atomic mass is 10.2. The van der Waals surface area contributed by atoms with E-state index in [1.54, 1.807) is 11.8 Å². The molecule has 0 saturated carbocycles. The minimum Gasteiger partial charge on any atom is -0.368 e. The molecule has 0 fully saturated rings. The molecule has 112 valence electrons. The number of nitrogens with one attached hydrogen (secondary N) is 1. The van der Waals surface area contributed by atoms with Gasteiger partial charge in [-0.3, -0.25) is 0 Å². The molecule has 21 heavy (non-hydrogen) atoms. The summed E-state index contributed by atoms with van der Waals surface area (Å²) in [6.07, 6.45) is 0. The summed E-state index contributed by atoms with van der Waals surface area (Å²) in [5, 5.41) is 3.27. The lowest BCUT2D eigenvalue weighted by molar-refractivity contribution is 0.879. The van der Waals surface area contributed by atoms with Crippen LogP contribution in [0.15, 0.2) is 23.1 Å². The zero-order chi connectivity index (χ0) is 15.4. The summed E-state index contributed by atoms with van der Waals surface area (Å²) in [5.41, 5.74) is 8.11. The number of halogens is 1. The van der Waals surface area contributed by atoms with E-state index in [1.165, 1.54) is 16.0 Å². The molecule has 0 bridgehead atoms. The third-order valence-electron chi connectivity index (χ3n) is 2.82. The number of nitrogens with zero attached hydrogens (tertiary/aromatic N) is 3. The van der Waals surface area contributed by atoms with Gasteiger partial charge < -0.3 is 11.1 Å². The molecule has 1 heterocycles. The Kier molecular flexibility index (Phi) is 5.25. The average molecular weight is 324 g/mol. The van der Waals surface area contributed by atoms with Crippen molar-refractivity contribution in [2.24, 2.45) is 0 Å². The SMILES string of the molecule is Cc1ccc(SCC(C)Nc2nc(N)nc(Cl)n2)c(C)c1. The highest BCUT2D eigenvalue weighted by molar-refractivity contribution is 7.99. The van der Waals surface area contributed by atoms with E-state index in [1.807, 2.05) is 0 Å². The van der Waals surface area contributed by atoms with Crippen LogP contribution < -0.4 is 11.1 Å². The van der Waals surface area contributed by atoms with Crippen LogP contribution in [-0.4, -0.2) is 26.7 Å². The molecule has 1 aromatic heterocycles. The monoisotopic (exact) mass is 323 g/mol. The van der Waals surface area contributed by atoms with Crippen molar-refractivity contribution < 1.29 is 0 Å². The highest BCUT2D eigenvalue weighted by Crippen LogP contribution is 2.24. The van der Waals surface area contributed by atoms with E-state index in [2.05, 4.69) is 59.2 Å². The Morgan fingerprint density at radius 3 is 2.71 bits per heavy atom. The van der Waals surface area contributed by atoms with Gasteiger partial charge in [-0.15, -0.1) is 11.8 Å². The molecule has 0 aliphatic rings. The van der Waals surface area contributed by atoms with Gasteiger partial charge in [-0.25, -0.2) is 0 Å². The zero-order valence-corrected chi connectivity index (χ0v) is 13.8. The van der Waals surface area contributed by atoms with Crippen molar-refractivity contribution in [1.29, 1.82) is 0 Å². The second-order valence-corrected chi connectivity index (χ2v) is 6.31. The summed E-state index contributed by atoms with van der Waals surface area (Å²) < 4.78 is 0. The predicted octanol–water partition coefficient (Wildman–Crippen LogP) is 3.32. The van der Waals surface area contributed by atoms with E-state index in [-0.39, 0.29) is 17.3 Å². The quantitative estimate of drug-likeness (QED) is 0.822. The smallest absolute Gasteiger partial charge is 0.229 e. The highest BCUT2D eigenvalue weighted by Gasteiger charge is 2.08. The van der Waals surface area contributed by atoms with Gasteiger partial charge in [0.25, 0.3) is 0 Å². The van der Waals surface area contributed by atoms with Gasteiger partial charge >= 0.3 is 0 Å². The maximum atomic E-state index is 5.75. The van der Waals surface area contributed by atoms with Crippen LogP contribution >= 0.6 is 23.4 Å². The van der Waals surface area contributed by atoms with E-state index in [0.717, 1.165) is 5.75 Å². The number of nitrogen functional groups attached to an aromatic ring is 1. The van der Waals surface area contributed by atoms with Gasteiger partial charge in [0.1, 0.15) is 0 Å². The van der Waals surface area contributed by atoms with E-state index in [4.69, 9.17) is 17.3 Å². The van der Waals surface area contributed by atoms with Crippen LogP contribution in [0.1, 0.15) is 18.1 Å². The average Bonchev–Trinajstić information content (AvgIpc) is 2.36. The van der Waals surface area contributed by atoms with Crippen molar-refractivity contribution in [2.45, 2.75) is 31.7 Å².